The van der Waals surface area contributed by atoms with Gasteiger partial charge >= 0.3 is 0 Å². The van der Waals surface area contributed by atoms with Crippen LogP contribution in [0.2, 0.25) is 0 Å². The summed E-state index contributed by atoms with van der Waals surface area (Å²) in [6.45, 7) is 3.85. The van der Waals surface area contributed by atoms with Gasteiger partial charge in [-0.25, -0.2) is 0 Å². The Morgan fingerprint density at radius 3 is 2.63 bits per heavy atom. The van der Waals surface area contributed by atoms with Crippen molar-refractivity contribution in [3.05, 3.63) is 48.0 Å². The number of rotatable bonds is 2. The normalized spacial score (nSPS) is 14.1. The summed E-state index contributed by atoms with van der Waals surface area (Å²) in [7, 11) is 0. The van der Waals surface area contributed by atoms with Gasteiger partial charge < -0.3 is 9.62 Å². The van der Waals surface area contributed by atoms with Gasteiger partial charge in [-0.2, -0.15) is 0 Å². The molecule has 0 radical (unpaired) electrons. The van der Waals surface area contributed by atoms with Gasteiger partial charge in [0, 0.05) is 16.7 Å². The average Bonchev–Trinajstić information content (AvgIpc) is 2.83. The molecule has 1 atom stereocenters. The highest BCUT2D eigenvalue weighted by Crippen LogP contribution is 2.31. The number of hydrogen-bond donors (Lipinski definition) is 1. The van der Waals surface area contributed by atoms with Crippen molar-refractivity contribution in [2.24, 2.45) is 5.16 Å². The third kappa shape index (κ3) is 1.87. The molecule has 0 aliphatic heterocycles. The second kappa shape index (κ2) is 4.43. The fourth-order valence-electron chi connectivity index (χ4n) is 2.34. The molecule has 3 aromatic rings. The fraction of sp³-hybridized carbons (Fsp3) is 0.188. The topological polar surface area (TPSA) is 45.7 Å². The van der Waals surface area contributed by atoms with Crippen molar-refractivity contribution in [2.75, 3.05) is 0 Å². The molecule has 0 spiro atoms. The predicted molar refractivity (Wildman–Crippen MR) is 77.0 cm³/mol. The number of fused-ring (bicyclic) bond motifs is 3. The number of para-hydroxylation sites is 1. The molecular weight excluding hydrogens is 238 g/mol. The lowest BCUT2D eigenvalue weighted by Gasteiger charge is -2.09. The summed E-state index contributed by atoms with van der Waals surface area (Å²) < 4.78 is 5.79. The van der Waals surface area contributed by atoms with E-state index in [1.165, 1.54) is 0 Å². The van der Waals surface area contributed by atoms with Crippen LogP contribution in [0.25, 0.3) is 21.9 Å². The molecule has 0 amide bonds. The second-order valence-corrected chi connectivity index (χ2v) is 4.82. The monoisotopic (exact) mass is 253 g/mol. The summed E-state index contributed by atoms with van der Waals surface area (Å²) in [5.74, 6) is 0.0862. The van der Waals surface area contributed by atoms with Crippen LogP contribution >= 0.6 is 0 Å². The van der Waals surface area contributed by atoms with E-state index in [1.54, 1.807) is 0 Å². The van der Waals surface area contributed by atoms with Crippen LogP contribution in [-0.2, 0) is 0 Å². The summed E-state index contributed by atoms with van der Waals surface area (Å²) in [6.07, 6.45) is 0. The Labute approximate surface area is 111 Å². The minimum Gasteiger partial charge on any atom is -0.456 e. The van der Waals surface area contributed by atoms with E-state index >= 15 is 0 Å². The zero-order valence-corrected chi connectivity index (χ0v) is 10.9. The Balaban J connectivity index is 2.22. The van der Waals surface area contributed by atoms with Gasteiger partial charge in [0.05, 0.1) is 5.71 Å². The Kier molecular flexibility index (Phi) is 2.75. The largest absolute Gasteiger partial charge is 0.456 e. The van der Waals surface area contributed by atoms with Gasteiger partial charge in [-0.15, -0.1) is 0 Å². The van der Waals surface area contributed by atoms with Crippen LogP contribution < -0.4 is 0 Å². The van der Waals surface area contributed by atoms with E-state index in [9.17, 15) is 0 Å². The number of furan rings is 1. The van der Waals surface area contributed by atoms with E-state index in [0.717, 1.165) is 27.5 Å². The van der Waals surface area contributed by atoms with Crippen molar-refractivity contribution in [3.8, 4) is 0 Å². The third-order valence-electron chi connectivity index (χ3n) is 3.69. The molecule has 2 aromatic carbocycles. The van der Waals surface area contributed by atoms with Gasteiger partial charge in [0.1, 0.15) is 11.2 Å². The standard InChI is InChI=1S/C16H15NO2/c1-10(11(2)17-18)12-7-8-16-14(9-12)13-5-3-4-6-15(13)19-16/h3-10,18H,1-2H3. The van der Waals surface area contributed by atoms with Crippen molar-refractivity contribution in [1.29, 1.82) is 0 Å². The lowest BCUT2D eigenvalue weighted by molar-refractivity contribution is 0.316. The van der Waals surface area contributed by atoms with Crippen LogP contribution in [0.15, 0.2) is 52.0 Å². The molecule has 0 saturated heterocycles. The number of benzene rings is 2. The fourth-order valence-corrected chi connectivity index (χ4v) is 2.34. The Morgan fingerprint density at radius 1 is 1.11 bits per heavy atom. The first-order chi connectivity index (χ1) is 9.20. The van der Waals surface area contributed by atoms with E-state index in [-0.39, 0.29) is 5.92 Å². The maximum atomic E-state index is 8.88. The Bertz CT molecular complexity index is 771. The van der Waals surface area contributed by atoms with Crippen molar-refractivity contribution < 1.29 is 9.62 Å². The molecule has 1 N–H and O–H groups in total. The van der Waals surface area contributed by atoms with E-state index < -0.39 is 0 Å². The quantitative estimate of drug-likeness (QED) is 0.414. The summed E-state index contributed by atoms with van der Waals surface area (Å²) >= 11 is 0. The van der Waals surface area contributed by atoms with E-state index in [2.05, 4.69) is 17.3 Å². The predicted octanol–water partition coefficient (Wildman–Crippen LogP) is 4.54. The smallest absolute Gasteiger partial charge is 0.135 e. The molecule has 0 aliphatic carbocycles. The average molecular weight is 253 g/mol. The van der Waals surface area contributed by atoms with Gasteiger partial charge in [-0.05, 0) is 30.7 Å². The first-order valence-electron chi connectivity index (χ1n) is 6.30. The minimum atomic E-state index is 0.0862. The molecule has 1 unspecified atom stereocenters. The lowest BCUT2D eigenvalue weighted by atomic mass is 9.95. The molecule has 0 fully saturated rings. The van der Waals surface area contributed by atoms with Gasteiger partial charge in [0.2, 0.25) is 0 Å². The summed E-state index contributed by atoms with van der Waals surface area (Å²) in [5, 5.41) is 14.4. The maximum absolute atomic E-state index is 8.88. The van der Waals surface area contributed by atoms with Crippen LogP contribution in [0, 0.1) is 0 Å². The summed E-state index contributed by atoms with van der Waals surface area (Å²) in [6, 6.07) is 14.1. The summed E-state index contributed by atoms with van der Waals surface area (Å²) in [5.41, 5.74) is 3.60. The molecular formula is C16H15NO2. The molecule has 96 valence electrons. The molecule has 0 aliphatic rings. The highest BCUT2D eigenvalue weighted by molar-refractivity contribution is 6.05. The highest BCUT2D eigenvalue weighted by Gasteiger charge is 2.12. The van der Waals surface area contributed by atoms with Gasteiger partial charge in [0.15, 0.2) is 0 Å². The maximum Gasteiger partial charge on any atom is 0.135 e. The Hall–Kier alpha value is -2.29. The van der Waals surface area contributed by atoms with Crippen LogP contribution in [0.5, 0.6) is 0 Å². The third-order valence-corrected chi connectivity index (χ3v) is 3.69. The van der Waals surface area contributed by atoms with Crippen molar-refractivity contribution in [1.82, 2.24) is 0 Å². The van der Waals surface area contributed by atoms with E-state index in [4.69, 9.17) is 9.62 Å². The van der Waals surface area contributed by atoms with Crippen LogP contribution in [0.3, 0.4) is 0 Å². The van der Waals surface area contributed by atoms with Crippen LogP contribution in [0.4, 0.5) is 0 Å². The van der Waals surface area contributed by atoms with Crippen LogP contribution in [0.1, 0.15) is 25.3 Å². The van der Waals surface area contributed by atoms with Crippen molar-refractivity contribution >= 4 is 27.7 Å². The molecule has 1 aromatic heterocycles. The zero-order chi connectivity index (χ0) is 13.4. The first kappa shape index (κ1) is 11.8. The molecule has 19 heavy (non-hydrogen) atoms. The molecule has 0 bridgehead atoms. The second-order valence-electron chi connectivity index (χ2n) is 4.82. The van der Waals surface area contributed by atoms with Gasteiger partial charge in [0.25, 0.3) is 0 Å². The molecule has 3 nitrogen and oxygen atoms in total. The molecule has 3 rings (SSSR count). The van der Waals surface area contributed by atoms with Gasteiger partial charge in [-0.1, -0.05) is 36.3 Å². The molecule has 3 heteroatoms. The van der Waals surface area contributed by atoms with Crippen molar-refractivity contribution in [2.45, 2.75) is 19.8 Å². The number of oxime groups is 1. The first-order valence-corrected chi connectivity index (χ1v) is 6.30. The SMILES string of the molecule is CC(=NO)C(C)c1ccc2oc3ccccc3c2c1. The number of nitrogens with zero attached hydrogens (tertiary/aromatic N) is 1. The van der Waals surface area contributed by atoms with Crippen LogP contribution in [-0.4, -0.2) is 10.9 Å². The molecule has 0 saturated carbocycles. The van der Waals surface area contributed by atoms with E-state index in [0.29, 0.717) is 5.71 Å². The lowest BCUT2D eigenvalue weighted by Crippen LogP contribution is -2.04. The van der Waals surface area contributed by atoms with Crippen molar-refractivity contribution in [3.63, 3.8) is 0 Å². The Morgan fingerprint density at radius 2 is 1.84 bits per heavy atom. The van der Waals surface area contributed by atoms with E-state index in [1.807, 2.05) is 44.2 Å². The van der Waals surface area contributed by atoms with Gasteiger partial charge in [-0.3, -0.25) is 0 Å². The highest BCUT2D eigenvalue weighted by atomic mass is 16.4. The number of hydrogen-bond acceptors (Lipinski definition) is 3. The summed E-state index contributed by atoms with van der Waals surface area (Å²) in [4.78, 5) is 0. The zero-order valence-electron chi connectivity index (χ0n) is 10.9. The minimum absolute atomic E-state index is 0.0862. The molecule has 1 heterocycles.